The van der Waals surface area contributed by atoms with E-state index in [-0.39, 0.29) is 17.0 Å². The summed E-state index contributed by atoms with van der Waals surface area (Å²) in [4.78, 5) is 12.0. The highest BCUT2D eigenvalue weighted by Crippen LogP contribution is 2.27. The lowest BCUT2D eigenvalue weighted by atomic mass is 9.91. The number of nitrogens with zero attached hydrogens (tertiary/aromatic N) is 1. The maximum absolute atomic E-state index is 12.0. The second-order valence-corrected chi connectivity index (χ2v) is 7.05. The van der Waals surface area contributed by atoms with E-state index in [0.29, 0.717) is 6.61 Å². The molecule has 3 aromatic carbocycles. The quantitative estimate of drug-likeness (QED) is 0.585. The zero-order chi connectivity index (χ0) is 20.1. The van der Waals surface area contributed by atoms with Gasteiger partial charge in [0.15, 0.2) is 6.54 Å². The molecule has 0 aromatic heterocycles. The lowest BCUT2D eigenvalue weighted by Gasteiger charge is -2.21. The molecule has 4 nitrogen and oxygen atoms in total. The second kappa shape index (κ2) is 10.2. The number of carbonyl (C=O) groups excluding carboxylic acids is 1. The van der Waals surface area contributed by atoms with Crippen molar-refractivity contribution in [3.05, 3.63) is 101 Å². The van der Waals surface area contributed by atoms with E-state index in [1.807, 2.05) is 31.2 Å². The highest BCUT2D eigenvalue weighted by atomic mass is 79.9. The summed E-state index contributed by atoms with van der Waals surface area (Å²) in [5.41, 5.74) is 6.80. The van der Waals surface area contributed by atoms with Crippen LogP contribution in [0.3, 0.4) is 0 Å². The van der Waals surface area contributed by atoms with Gasteiger partial charge in [-0.1, -0.05) is 54.6 Å². The zero-order valence-corrected chi connectivity index (χ0v) is 18.6. The lowest BCUT2D eigenvalue weighted by molar-refractivity contribution is -0.544. The molecule has 3 aromatic rings. The van der Waals surface area contributed by atoms with Gasteiger partial charge < -0.3 is 21.7 Å². The molecule has 0 aliphatic carbocycles. The van der Waals surface area contributed by atoms with Gasteiger partial charge >= 0.3 is 6.09 Å². The molecule has 1 N–H and O–H groups in total. The Morgan fingerprint density at radius 2 is 1.67 bits per heavy atom. The summed E-state index contributed by atoms with van der Waals surface area (Å²) >= 11 is 0. The first-order valence-electron chi connectivity index (χ1n) is 10.0. The standard InChI is InChI=1S/C25H24N2O2.BrH/c1-2-29-25(28)26-23-15-9-14-22-21(23)16-17-27(18-19-10-5-3-6-11-19)24(22)20-12-7-4-8-13-20;/h3-15H,2,16-18H2,1H3;1H. The molecule has 0 spiro atoms. The zero-order valence-electron chi connectivity index (χ0n) is 17.0. The Hall–Kier alpha value is -2.92. The predicted molar refractivity (Wildman–Crippen MR) is 116 cm³/mol. The molecule has 1 heterocycles. The highest BCUT2D eigenvalue weighted by molar-refractivity contribution is 6.12. The summed E-state index contributed by atoms with van der Waals surface area (Å²) in [6.07, 6.45) is 0.454. The molecule has 1 aliphatic rings. The van der Waals surface area contributed by atoms with Gasteiger partial charge in [-0.15, -0.1) is 0 Å². The first-order chi connectivity index (χ1) is 14.3. The van der Waals surface area contributed by atoms with Crippen molar-refractivity contribution >= 4 is 17.5 Å². The van der Waals surface area contributed by atoms with Gasteiger partial charge in [0, 0.05) is 23.2 Å². The molecular formula is C25H25BrN2O2. The van der Waals surface area contributed by atoms with Crippen LogP contribution in [-0.2, 0) is 17.7 Å². The molecule has 30 heavy (non-hydrogen) atoms. The average molecular weight is 465 g/mol. The van der Waals surface area contributed by atoms with Gasteiger partial charge in [-0.25, -0.2) is 9.37 Å². The smallest absolute Gasteiger partial charge is 0.411 e. The third-order valence-corrected chi connectivity index (χ3v) is 5.15. The van der Waals surface area contributed by atoms with Crippen molar-refractivity contribution in [3.8, 4) is 0 Å². The normalized spacial score (nSPS) is 12.6. The molecule has 0 bridgehead atoms. The van der Waals surface area contributed by atoms with Gasteiger partial charge in [0.2, 0.25) is 5.71 Å². The van der Waals surface area contributed by atoms with Crippen molar-refractivity contribution < 1.29 is 31.1 Å². The lowest BCUT2D eigenvalue weighted by Crippen LogP contribution is -3.00. The molecule has 0 saturated carbocycles. The van der Waals surface area contributed by atoms with E-state index in [0.717, 1.165) is 36.3 Å². The van der Waals surface area contributed by atoms with Crippen molar-refractivity contribution in [2.24, 2.45) is 0 Å². The van der Waals surface area contributed by atoms with Crippen LogP contribution < -0.4 is 22.3 Å². The van der Waals surface area contributed by atoms with Crippen LogP contribution in [-0.4, -0.2) is 29.5 Å². The van der Waals surface area contributed by atoms with Crippen molar-refractivity contribution in [3.63, 3.8) is 0 Å². The predicted octanol–water partition coefficient (Wildman–Crippen LogP) is 1.87. The minimum Gasteiger partial charge on any atom is -1.00 e. The van der Waals surface area contributed by atoms with E-state index in [1.165, 1.54) is 16.8 Å². The number of fused-ring (bicyclic) bond motifs is 1. The molecule has 1 amide bonds. The first-order valence-corrected chi connectivity index (χ1v) is 10.0. The van der Waals surface area contributed by atoms with Crippen molar-refractivity contribution in [1.29, 1.82) is 0 Å². The number of rotatable bonds is 5. The van der Waals surface area contributed by atoms with E-state index in [1.54, 1.807) is 0 Å². The molecular weight excluding hydrogens is 440 g/mol. The van der Waals surface area contributed by atoms with E-state index in [9.17, 15) is 4.79 Å². The Morgan fingerprint density at radius 1 is 0.967 bits per heavy atom. The summed E-state index contributed by atoms with van der Waals surface area (Å²) < 4.78 is 7.51. The van der Waals surface area contributed by atoms with Crippen LogP contribution in [0.1, 0.15) is 29.2 Å². The summed E-state index contributed by atoms with van der Waals surface area (Å²) in [6.45, 7) is 3.89. The van der Waals surface area contributed by atoms with E-state index >= 15 is 0 Å². The van der Waals surface area contributed by atoms with Crippen LogP contribution in [0.25, 0.3) is 0 Å². The number of hydrogen-bond acceptors (Lipinski definition) is 2. The summed E-state index contributed by atoms with van der Waals surface area (Å²) in [5, 5.41) is 2.91. The van der Waals surface area contributed by atoms with Crippen LogP contribution in [0.5, 0.6) is 0 Å². The molecule has 1 aliphatic heterocycles. The molecule has 0 radical (unpaired) electrons. The average Bonchev–Trinajstić information content (AvgIpc) is 2.75. The fourth-order valence-electron chi connectivity index (χ4n) is 3.90. The molecule has 4 rings (SSSR count). The van der Waals surface area contributed by atoms with Crippen LogP contribution in [0.15, 0.2) is 78.9 Å². The van der Waals surface area contributed by atoms with Crippen molar-refractivity contribution in [2.75, 3.05) is 18.5 Å². The summed E-state index contributed by atoms with van der Waals surface area (Å²) in [6, 6.07) is 27.1. The first kappa shape index (κ1) is 21.8. The Kier molecular flexibility index (Phi) is 7.41. The topological polar surface area (TPSA) is 41.3 Å². The van der Waals surface area contributed by atoms with Crippen molar-refractivity contribution in [2.45, 2.75) is 19.9 Å². The molecule has 0 fully saturated rings. The van der Waals surface area contributed by atoms with Crippen LogP contribution in [0, 0.1) is 0 Å². The number of hydrogen-bond donors (Lipinski definition) is 1. The maximum atomic E-state index is 12.0. The number of carbonyl (C=O) groups is 1. The SMILES string of the molecule is CCOC(=O)Nc1cccc2c1CC[N+](Cc1ccccc1)=C2c1ccccc1.[Br-]. The third-order valence-electron chi connectivity index (χ3n) is 5.15. The van der Waals surface area contributed by atoms with Crippen LogP contribution in [0.2, 0.25) is 0 Å². The largest absolute Gasteiger partial charge is 1.00 e. The molecule has 0 saturated heterocycles. The second-order valence-electron chi connectivity index (χ2n) is 7.05. The minimum atomic E-state index is -0.408. The Labute approximate surface area is 188 Å². The van der Waals surface area contributed by atoms with Crippen molar-refractivity contribution in [1.82, 2.24) is 0 Å². The number of anilines is 1. The number of nitrogens with one attached hydrogen (secondary N) is 1. The molecule has 0 unspecified atom stereocenters. The number of amides is 1. The van der Waals surface area contributed by atoms with Gasteiger partial charge in [-0.2, -0.15) is 0 Å². The monoisotopic (exact) mass is 464 g/mol. The van der Waals surface area contributed by atoms with E-state index in [4.69, 9.17) is 4.74 Å². The third kappa shape index (κ3) is 4.79. The Balaban J connectivity index is 0.00000256. The molecule has 0 atom stereocenters. The number of ether oxygens (including phenoxy) is 1. The van der Waals surface area contributed by atoms with Gasteiger partial charge in [0.25, 0.3) is 0 Å². The minimum absolute atomic E-state index is 0. The van der Waals surface area contributed by atoms with Gasteiger partial charge in [0.05, 0.1) is 12.2 Å². The van der Waals surface area contributed by atoms with Gasteiger partial charge in [0.1, 0.15) is 6.54 Å². The van der Waals surface area contributed by atoms with E-state index < -0.39 is 6.09 Å². The van der Waals surface area contributed by atoms with Gasteiger partial charge in [-0.3, -0.25) is 5.32 Å². The number of benzene rings is 3. The molecule has 154 valence electrons. The summed E-state index contributed by atoms with van der Waals surface area (Å²) in [5.74, 6) is 0. The highest BCUT2D eigenvalue weighted by Gasteiger charge is 2.29. The fourth-order valence-corrected chi connectivity index (χ4v) is 3.90. The van der Waals surface area contributed by atoms with Gasteiger partial charge in [-0.05, 0) is 36.8 Å². The maximum Gasteiger partial charge on any atom is 0.411 e. The number of halogens is 1. The fraction of sp³-hybridized carbons (Fsp3) is 0.200. The Bertz CT molecular complexity index is 1030. The van der Waals surface area contributed by atoms with E-state index in [2.05, 4.69) is 64.5 Å². The Morgan fingerprint density at radius 3 is 2.37 bits per heavy atom. The van der Waals surface area contributed by atoms with Crippen LogP contribution in [0.4, 0.5) is 10.5 Å². The van der Waals surface area contributed by atoms with Crippen LogP contribution >= 0.6 is 0 Å². The summed E-state index contributed by atoms with van der Waals surface area (Å²) in [7, 11) is 0. The molecule has 5 heteroatoms.